The summed E-state index contributed by atoms with van der Waals surface area (Å²) in [5.74, 6) is 0. The van der Waals surface area contributed by atoms with E-state index in [0.717, 1.165) is 0 Å². The highest BCUT2D eigenvalue weighted by Crippen LogP contribution is 1.84. The summed E-state index contributed by atoms with van der Waals surface area (Å²) >= 11 is 0. The van der Waals surface area contributed by atoms with Crippen molar-refractivity contribution in [1.82, 2.24) is 0 Å². The van der Waals surface area contributed by atoms with Gasteiger partial charge in [0.25, 0.3) is 0 Å². The van der Waals surface area contributed by atoms with Gasteiger partial charge in [0.05, 0.1) is 39.6 Å². The van der Waals surface area contributed by atoms with Crippen LogP contribution in [0.5, 0.6) is 0 Å². The molecule has 92 valence electrons. The van der Waals surface area contributed by atoms with E-state index in [0.29, 0.717) is 13.2 Å². The first-order valence-electron chi connectivity index (χ1n) is 4.70. The normalized spacial score (nSPS) is 10.8. The van der Waals surface area contributed by atoms with Crippen LogP contribution in [0.4, 0.5) is 0 Å². The van der Waals surface area contributed by atoms with Crippen molar-refractivity contribution in [3.05, 3.63) is 0 Å². The second kappa shape index (κ2) is 13.7. The van der Waals surface area contributed by atoms with Gasteiger partial charge in [-0.3, -0.25) is 0 Å². The Hall–Kier alpha value is -0.280. The summed E-state index contributed by atoms with van der Waals surface area (Å²) in [6.45, 7) is 1.61. The molecular formula is C8H18O7. The van der Waals surface area contributed by atoms with E-state index in [4.69, 9.17) is 19.7 Å². The van der Waals surface area contributed by atoms with Gasteiger partial charge in [-0.2, -0.15) is 0 Å². The summed E-state index contributed by atoms with van der Waals surface area (Å²) in [6, 6.07) is 0. The molecule has 0 aliphatic heterocycles. The number of aliphatic hydroxyl groups excluding tert-OH is 2. The van der Waals surface area contributed by atoms with Gasteiger partial charge in [-0.25, -0.2) is 9.78 Å². The maximum atomic E-state index is 8.36. The van der Waals surface area contributed by atoms with Crippen molar-refractivity contribution in [3.63, 3.8) is 0 Å². The molecule has 0 aromatic rings. The van der Waals surface area contributed by atoms with Gasteiger partial charge in [-0.1, -0.05) is 5.04 Å². The molecule has 0 fully saturated rings. The lowest BCUT2D eigenvalue weighted by atomic mass is 10.7. The maximum Gasteiger partial charge on any atom is 0.109 e. The number of rotatable bonds is 12. The van der Waals surface area contributed by atoms with E-state index in [1.165, 1.54) is 0 Å². The van der Waals surface area contributed by atoms with Gasteiger partial charge in [0.15, 0.2) is 0 Å². The Kier molecular flexibility index (Phi) is 13.5. The highest BCUT2D eigenvalue weighted by molar-refractivity contribution is 4.26. The minimum atomic E-state index is -0.0143. The van der Waals surface area contributed by atoms with E-state index in [-0.39, 0.29) is 39.6 Å². The molecule has 0 radical (unpaired) electrons. The predicted molar refractivity (Wildman–Crippen MR) is 48.8 cm³/mol. The van der Waals surface area contributed by atoms with Crippen molar-refractivity contribution >= 4 is 0 Å². The van der Waals surface area contributed by atoms with Crippen LogP contribution in [0.15, 0.2) is 0 Å². The van der Waals surface area contributed by atoms with Crippen molar-refractivity contribution in [1.29, 1.82) is 0 Å². The lowest BCUT2D eigenvalue weighted by molar-refractivity contribution is -0.514. The Morgan fingerprint density at radius 2 is 1.07 bits per heavy atom. The molecule has 0 aromatic carbocycles. The minimum absolute atomic E-state index is 0.0143. The van der Waals surface area contributed by atoms with Gasteiger partial charge in [0, 0.05) is 0 Å². The average Bonchev–Trinajstić information content (AvgIpc) is 2.26. The number of hydrogen-bond donors (Lipinski definition) is 2. The van der Waals surface area contributed by atoms with Gasteiger partial charge < -0.3 is 19.7 Å². The third-order valence-electron chi connectivity index (χ3n) is 1.19. The Balaban J connectivity index is 2.81. The molecule has 0 rings (SSSR count). The maximum absolute atomic E-state index is 8.36. The smallest absolute Gasteiger partial charge is 0.109 e. The van der Waals surface area contributed by atoms with Crippen LogP contribution in [0.2, 0.25) is 0 Å². The summed E-state index contributed by atoms with van der Waals surface area (Å²) in [6.07, 6.45) is 0. The van der Waals surface area contributed by atoms with Crippen molar-refractivity contribution in [2.75, 3.05) is 52.9 Å². The first-order valence-corrected chi connectivity index (χ1v) is 4.70. The van der Waals surface area contributed by atoms with Crippen LogP contribution >= 0.6 is 0 Å². The van der Waals surface area contributed by atoms with E-state index in [9.17, 15) is 0 Å². The minimum Gasteiger partial charge on any atom is -0.394 e. The van der Waals surface area contributed by atoms with Gasteiger partial charge >= 0.3 is 0 Å². The highest BCUT2D eigenvalue weighted by Gasteiger charge is 1.92. The number of hydrogen-bond acceptors (Lipinski definition) is 7. The molecule has 0 amide bonds. The Morgan fingerprint density at radius 1 is 0.600 bits per heavy atom. The molecule has 7 heteroatoms. The van der Waals surface area contributed by atoms with Gasteiger partial charge in [-0.05, 0) is 0 Å². The monoisotopic (exact) mass is 226 g/mol. The van der Waals surface area contributed by atoms with Crippen LogP contribution in [-0.4, -0.2) is 63.1 Å². The molecule has 0 spiro atoms. The molecule has 0 saturated heterocycles. The molecule has 15 heavy (non-hydrogen) atoms. The topological polar surface area (TPSA) is 86.6 Å². The largest absolute Gasteiger partial charge is 0.394 e. The Bertz CT molecular complexity index is 99.2. The summed E-state index contributed by atoms with van der Waals surface area (Å²) in [7, 11) is 0. The predicted octanol–water partition coefficient (Wildman–Crippen LogP) is -1.12. The van der Waals surface area contributed by atoms with Crippen LogP contribution in [0.25, 0.3) is 0 Å². The molecule has 0 aliphatic rings. The van der Waals surface area contributed by atoms with E-state index < -0.39 is 0 Å². The zero-order chi connectivity index (χ0) is 11.2. The average molecular weight is 226 g/mol. The van der Waals surface area contributed by atoms with Gasteiger partial charge in [-0.15, -0.1) is 0 Å². The standard InChI is InChI=1S/C8H18O7/c9-1-3-11-5-7-13-15-14-8-6-12-4-2-10/h9-10H,1-8H2. The number of ether oxygens (including phenoxy) is 2. The summed E-state index contributed by atoms with van der Waals surface area (Å²) in [5.41, 5.74) is 0. The molecular weight excluding hydrogens is 208 g/mol. The molecule has 0 bridgehead atoms. The fourth-order valence-electron chi connectivity index (χ4n) is 0.621. The van der Waals surface area contributed by atoms with Crippen LogP contribution in [0.1, 0.15) is 0 Å². The molecule has 0 aromatic heterocycles. The molecule has 0 heterocycles. The van der Waals surface area contributed by atoms with Crippen molar-refractivity contribution in [3.8, 4) is 0 Å². The molecule has 0 saturated carbocycles. The van der Waals surface area contributed by atoms with E-state index in [1.807, 2.05) is 0 Å². The van der Waals surface area contributed by atoms with Crippen LogP contribution in [0.3, 0.4) is 0 Å². The lowest BCUT2D eigenvalue weighted by Gasteiger charge is -2.04. The van der Waals surface area contributed by atoms with E-state index in [2.05, 4.69) is 14.8 Å². The molecule has 0 aliphatic carbocycles. The van der Waals surface area contributed by atoms with Crippen molar-refractivity contribution in [2.24, 2.45) is 0 Å². The zero-order valence-electron chi connectivity index (χ0n) is 8.59. The van der Waals surface area contributed by atoms with E-state index >= 15 is 0 Å². The fourth-order valence-corrected chi connectivity index (χ4v) is 0.621. The van der Waals surface area contributed by atoms with Crippen LogP contribution in [0, 0.1) is 0 Å². The first-order chi connectivity index (χ1) is 7.41. The van der Waals surface area contributed by atoms with Crippen LogP contribution < -0.4 is 0 Å². The summed E-state index contributed by atoms with van der Waals surface area (Å²) in [4.78, 5) is 9.11. The number of aliphatic hydroxyl groups is 2. The van der Waals surface area contributed by atoms with E-state index in [1.54, 1.807) is 0 Å². The third-order valence-corrected chi connectivity index (χ3v) is 1.19. The Labute approximate surface area is 88.3 Å². The van der Waals surface area contributed by atoms with Gasteiger partial charge in [0.2, 0.25) is 0 Å². The highest BCUT2D eigenvalue weighted by atomic mass is 17.5. The van der Waals surface area contributed by atoms with Gasteiger partial charge in [0.1, 0.15) is 13.2 Å². The zero-order valence-corrected chi connectivity index (χ0v) is 8.59. The quantitative estimate of drug-likeness (QED) is 0.248. The molecule has 0 unspecified atom stereocenters. The van der Waals surface area contributed by atoms with Crippen LogP contribution in [-0.2, 0) is 24.3 Å². The first kappa shape index (κ1) is 14.7. The molecule has 2 N–H and O–H groups in total. The third kappa shape index (κ3) is 13.7. The Morgan fingerprint density at radius 3 is 1.47 bits per heavy atom. The fraction of sp³-hybridized carbons (Fsp3) is 1.00. The summed E-state index contributed by atoms with van der Waals surface area (Å²) < 4.78 is 9.76. The van der Waals surface area contributed by atoms with Crippen molar-refractivity contribution in [2.45, 2.75) is 0 Å². The molecule has 7 nitrogen and oxygen atoms in total. The second-order valence-electron chi connectivity index (χ2n) is 2.38. The lowest BCUT2D eigenvalue weighted by Crippen LogP contribution is -2.10. The second-order valence-corrected chi connectivity index (χ2v) is 2.38. The SMILES string of the molecule is OCCOCCOOOCCOCCO. The summed E-state index contributed by atoms with van der Waals surface area (Å²) in [5, 5.41) is 21.0. The molecule has 0 atom stereocenters. The van der Waals surface area contributed by atoms with Crippen molar-refractivity contribution < 1.29 is 34.5 Å².